The molecule has 1 heterocycles. The number of hydrogen-bond acceptors (Lipinski definition) is 5. The number of rotatable bonds is 16. The molecule has 0 N–H and O–H groups in total. The number of carbonyl (C=O) groups is 2. The van der Waals surface area contributed by atoms with Crippen molar-refractivity contribution >= 4 is 23.2 Å². The molecule has 0 unspecified atom stereocenters. The molecule has 1 amide bonds. The summed E-state index contributed by atoms with van der Waals surface area (Å²) < 4.78 is 17.9. The van der Waals surface area contributed by atoms with Gasteiger partial charge in [-0.2, -0.15) is 0 Å². The first-order chi connectivity index (χ1) is 21.4. The molecule has 0 aromatic heterocycles. The number of amides is 1. The first-order valence-corrected chi connectivity index (χ1v) is 16.6. The number of aryl methyl sites for hydroxylation is 1. The molecule has 0 aliphatic carbocycles. The maximum atomic E-state index is 13.4. The fourth-order valence-electron chi connectivity index (χ4n) is 6.89. The zero-order valence-electron chi connectivity index (χ0n) is 27.7. The Kier molecular flexibility index (Phi) is 12.1. The highest BCUT2D eigenvalue weighted by Gasteiger charge is 2.33. The monoisotopic (exact) mass is 601 g/mol. The minimum atomic E-state index is -0.231. The Morgan fingerprint density at radius 1 is 0.909 bits per heavy atom. The van der Waals surface area contributed by atoms with Crippen molar-refractivity contribution in [1.29, 1.82) is 0 Å². The summed E-state index contributed by atoms with van der Waals surface area (Å²) >= 11 is 0. The van der Waals surface area contributed by atoms with Gasteiger partial charge in [-0.05, 0) is 67.8 Å². The van der Waals surface area contributed by atoms with Gasteiger partial charge in [0.1, 0.15) is 17.2 Å². The Morgan fingerprint density at radius 3 is 2.20 bits per heavy atom. The number of benzene rings is 3. The van der Waals surface area contributed by atoms with Crippen LogP contribution in [0.2, 0.25) is 0 Å². The van der Waals surface area contributed by atoms with Gasteiger partial charge in [-0.1, -0.05) is 89.0 Å². The Balaban J connectivity index is 1.65. The molecule has 6 heteroatoms. The summed E-state index contributed by atoms with van der Waals surface area (Å²) in [5.41, 5.74) is 4.83. The third-order valence-corrected chi connectivity index (χ3v) is 9.24. The summed E-state index contributed by atoms with van der Waals surface area (Å²) in [6.07, 6.45) is 14.1. The third kappa shape index (κ3) is 7.39. The number of ether oxygens (including phenoxy) is 3. The normalized spacial score (nSPS) is 16.1. The molecule has 3 aromatic carbocycles. The molecule has 0 saturated heterocycles. The Labute approximate surface area is 264 Å². The summed E-state index contributed by atoms with van der Waals surface area (Å²) in [4.78, 5) is 27.4. The predicted molar refractivity (Wildman–Crippen MR) is 179 cm³/mol. The SMILES string of the molecule is CCCCCCCCCCCCC(=O)Oc1c(-c2c(C)cc(OC)c3c(OC)cccc23)ccc2c1[C@@H](C)N(C=O)[C@H](C)C2. The van der Waals surface area contributed by atoms with Gasteiger partial charge in [0.25, 0.3) is 0 Å². The highest BCUT2D eigenvalue weighted by atomic mass is 16.5. The van der Waals surface area contributed by atoms with Crippen LogP contribution < -0.4 is 14.2 Å². The van der Waals surface area contributed by atoms with Crippen LogP contribution in [0.5, 0.6) is 17.2 Å². The van der Waals surface area contributed by atoms with Gasteiger partial charge in [-0.15, -0.1) is 0 Å². The molecule has 0 saturated carbocycles. The van der Waals surface area contributed by atoms with E-state index in [2.05, 4.69) is 39.0 Å². The maximum Gasteiger partial charge on any atom is 0.311 e. The molecule has 0 bridgehead atoms. The lowest BCUT2D eigenvalue weighted by Gasteiger charge is -2.39. The molecule has 3 aromatic rings. The second kappa shape index (κ2) is 16.0. The van der Waals surface area contributed by atoms with Crippen molar-refractivity contribution in [2.24, 2.45) is 0 Å². The number of methoxy groups -OCH3 is 2. The van der Waals surface area contributed by atoms with Crippen molar-refractivity contribution in [3.63, 3.8) is 0 Å². The molecular weight excluding hydrogens is 550 g/mol. The first kappa shape index (κ1) is 33.4. The first-order valence-electron chi connectivity index (χ1n) is 16.6. The van der Waals surface area contributed by atoms with Gasteiger partial charge < -0.3 is 19.1 Å². The van der Waals surface area contributed by atoms with E-state index in [1.807, 2.05) is 30.0 Å². The highest BCUT2D eigenvalue weighted by Crippen LogP contribution is 2.48. The largest absolute Gasteiger partial charge is 0.496 e. The number of esters is 1. The summed E-state index contributed by atoms with van der Waals surface area (Å²) in [5, 5.41) is 1.83. The van der Waals surface area contributed by atoms with Crippen molar-refractivity contribution in [2.45, 2.75) is 117 Å². The lowest BCUT2D eigenvalue weighted by Crippen LogP contribution is -2.40. The number of fused-ring (bicyclic) bond motifs is 2. The minimum Gasteiger partial charge on any atom is -0.496 e. The predicted octanol–water partition coefficient (Wildman–Crippen LogP) is 9.51. The number of unbranched alkanes of at least 4 members (excludes halogenated alkanes) is 9. The van der Waals surface area contributed by atoms with Crippen LogP contribution in [0.1, 0.15) is 114 Å². The van der Waals surface area contributed by atoms with Crippen LogP contribution in [0.3, 0.4) is 0 Å². The Bertz CT molecular complexity index is 1430. The van der Waals surface area contributed by atoms with E-state index < -0.39 is 0 Å². The maximum absolute atomic E-state index is 13.4. The van der Waals surface area contributed by atoms with Crippen molar-refractivity contribution in [2.75, 3.05) is 14.2 Å². The lowest BCUT2D eigenvalue weighted by molar-refractivity contribution is -0.134. The number of hydrogen-bond donors (Lipinski definition) is 0. The van der Waals surface area contributed by atoms with Crippen LogP contribution >= 0.6 is 0 Å². The van der Waals surface area contributed by atoms with E-state index in [-0.39, 0.29) is 18.1 Å². The van der Waals surface area contributed by atoms with E-state index >= 15 is 0 Å². The van der Waals surface area contributed by atoms with Crippen LogP contribution in [-0.4, -0.2) is 37.5 Å². The number of nitrogens with zero attached hydrogens (tertiary/aromatic N) is 1. The molecule has 44 heavy (non-hydrogen) atoms. The van der Waals surface area contributed by atoms with Crippen LogP contribution in [0.25, 0.3) is 21.9 Å². The van der Waals surface area contributed by atoms with E-state index in [0.717, 1.165) is 70.0 Å². The molecule has 0 spiro atoms. The van der Waals surface area contributed by atoms with E-state index in [1.165, 1.54) is 44.9 Å². The third-order valence-electron chi connectivity index (χ3n) is 9.24. The van der Waals surface area contributed by atoms with Crippen LogP contribution in [-0.2, 0) is 16.0 Å². The van der Waals surface area contributed by atoms with E-state index in [4.69, 9.17) is 14.2 Å². The van der Waals surface area contributed by atoms with Gasteiger partial charge in [-0.3, -0.25) is 9.59 Å². The Hall–Kier alpha value is -3.54. The molecule has 2 atom stereocenters. The second-order valence-electron chi connectivity index (χ2n) is 12.4. The highest BCUT2D eigenvalue weighted by molar-refractivity contribution is 6.06. The standard InChI is InChI=1S/C38H51NO5/c1-7-8-9-10-11-12-13-14-15-16-20-34(41)44-38-31(22-21-29-24-27(3)39(25-40)28(4)36(29)38)35-26(2)23-33(43-6)37-30(35)18-17-19-32(37)42-5/h17-19,21-23,25,27-28H,7-16,20,24H2,1-6H3/t27-,28-/m1/s1. The van der Waals surface area contributed by atoms with E-state index in [0.29, 0.717) is 24.3 Å². The fraction of sp³-hybridized carbons (Fsp3) is 0.526. The molecule has 0 radical (unpaired) electrons. The molecular formula is C38H51NO5. The second-order valence-corrected chi connectivity index (χ2v) is 12.4. The van der Waals surface area contributed by atoms with Gasteiger partial charge in [0.2, 0.25) is 6.41 Å². The quantitative estimate of drug-likeness (QED) is 0.0708. The zero-order chi connectivity index (χ0) is 31.6. The van der Waals surface area contributed by atoms with Gasteiger partial charge in [0.05, 0.1) is 25.6 Å². The van der Waals surface area contributed by atoms with Crippen LogP contribution in [0, 0.1) is 6.92 Å². The smallest absolute Gasteiger partial charge is 0.311 e. The molecule has 1 aliphatic rings. The molecule has 4 rings (SSSR count). The summed E-state index contributed by atoms with van der Waals surface area (Å²) in [6, 6.07) is 12.0. The number of carbonyl (C=O) groups excluding carboxylic acids is 2. The van der Waals surface area contributed by atoms with Gasteiger partial charge in [-0.25, -0.2) is 0 Å². The minimum absolute atomic E-state index is 0.0591. The average molecular weight is 602 g/mol. The van der Waals surface area contributed by atoms with Crippen LogP contribution in [0.15, 0.2) is 36.4 Å². The molecule has 0 fully saturated rings. The van der Waals surface area contributed by atoms with Gasteiger partial charge >= 0.3 is 5.97 Å². The fourth-order valence-corrected chi connectivity index (χ4v) is 6.89. The van der Waals surface area contributed by atoms with Crippen molar-refractivity contribution in [3.05, 3.63) is 53.1 Å². The molecule has 238 valence electrons. The summed E-state index contributed by atoms with van der Waals surface area (Å²) in [6.45, 7) is 8.38. The Morgan fingerprint density at radius 2 is 1.57 bits per heavy atom. The topological polar surface area (TPSA) is 65.1 Å². The van der Waals surface area contributed by atoms with E-state index in [1.54, 1.807) is 14.2 Å². The van der Waals surface area contributed by atoms with E-state index in [9.17, 15) is 9.59 Å². The summed E-state index contributed by atoms with van der Waals surface area (Å²) in [5.74, 6) is 1.77. The molecule has 6 nitrogen and oxygen atoms in total. The van der Waals surface area contributed by atoms with Gasteiger partial charge in [0.15, 0.2) is 0 Å². The average Bonchev–Trinajstić information content (AvgIpc) is 3.01. The van der Waals surface area contributed by atoms with Gasteiger partial charge in [0, 0.05) is 23.6 Å². The zero-order valence-corrected chi connectivity index (χ0v) is 27.7. The summed E-state index contributed by atoms with van der Waals surface area (Å²) in [7, 11) is 3.32. The van der Waals surface area contributed by atoms with Crippen LogP contribution in [0.4, 0.5) is 0 Å². The lowest BCUT2D eigenvalue weighted by atomic mass is 9.84. The van der Waals surface area contributed by atoms with Crippen molar-refractivity contribution in [3.8, 4) is 28.4 Å². The van der Waals surface area contributed by atoms with Crippen molar-refractivity contribution in [1.82, 2.24) is 4.90 Å². The molecule has 1 aliphatic heterocycles. The van der Waals surface area contributed by atoms with Crippen molar-refractivity contribution < 1.29 is 23.8 Å².